The van der Waals surface area contributed by atoms with Crippen LogP contribution < -0.4 is 10.9 Å². The van der Waals surface area contributed by atoms with Gasteiger partial charge in [-0.3, -0.25) is 4.79 Å². The number of aromatic nitrogens is 1. The fraction of sp³-hybridized carbons (Fsp3) is 0.368. The molecular weight excluding hydrogens is 302 g/mol. The van der Waals surface area contributed by atoms with E-state index in [4.69, 9.17) is 0 Å². The molecule has 2 N–H and O–H groups in total. The van der Waals surface area contributed by atoms with Gasteiger partial charge in [0, 0.05) is 31.0 Å². The van der Waals surface area contributed by atoms with E-state index in [2.05, 4.69) is 16.4 Å². The molecule has 0 aliphatic carbocycles. The Balaban J connectivity index is 1.60. The van der Waals surface area contributed by atoms with Gasteiger partial charge in [-0.05, 0) is 67.5 Å². The molecule has 0 atom stereocenters. The number of aryl methyl sites for hydroxylation is 2. The van der Waals surface area contributed by atoms with Crippen LogP contribution >= 0.6 is 0 Å². The Kier molecular flexibility index (Phi) is 4.69. The molecule has 3 rings (SSSR count). The summed E-state index contributed by atoms with van der Waals surface area (Å²) in [4.78, 5) is 28.4. The third-order valence-corrected chi connectivity index (χ3v) is 4.53. The minimum absolute atomic E-state index is 0.0515. The van der Waals surface area contributed by atoms with Crippen molar-refractivity contribution in [2.45, 2.75) is 32.6 Å². The van der Waals surface area contributed by atoms with E-state index in [0.29, 0.717) is 19.0 Å². The van der Waals surface area contributed by atoms with Gasteiger partial charge >= 0.3 is 6.03 Å². The van der Waals surface area contributed by atoms with Crippen molar-refractivity contribution in [3.63, 3.8) is 0 Å². The average Bonchev–Trinajstić information content (AvgIpc) is 2.54. The molecule has 1 aliphatic heterocycles. The van der Waals surface area contributed by atoms with Gasteiger partial charge in [-0.2, -0.15) is 0 Å². The fourth-order valence-corrected chi connectivity index (χ4v) is 3.38. The van der Waals surface area contributed by atoms with Crippen LogP contribution in [0.5, 0.6) is 0 Å². The summed E-state index contributed by atoms with van der Waals surface area (Å²) in [6.07, 6.45) is 3.45. The molecule has 1 saturated heterocycles. The van der Waals surface area contributed by atoms with E-state index in [-0.39, 0.29) is 11.6 Å². The van der Waals surface area contributed by atoms with Crippen LogP contribution in [-0.4, -0.2) is 29.0 Å². The molecule has 1 aromatic carbocycles. The smallest absolute Gasteiger partial charge is 0.321 e. The summed E-state index contributed by atoms with van der Waals surface area (Å²) >= 11 is 0. The first-order valence-corrected chi connectivity index (χ1v) is 8.34. The summed E-state index contributed by atoms with van der Waals surface area (Å²) in [5.74, 6) is 0.345. The lowest BCUT2D eigenvalue weighted by atomic mass is 9.90. The second-order valence-corrected chi connectivity index (χ2v) is 6.55. The summed E-state index contributed by atoms with van der Waals surface area (Å²) in [5.41, 5.74) is 4.11. The van der Waals surface area contributed by atoms with Crippen LogP contribution in [0.3, 0.4) is 0 Å². The molecule has 0 spiro atoms. The number of anilines is 1. The SMILES string of the molecule is Cc1cc(C)cc(NC(=O)N2CCC(c3cc[nH]c(=O)c3)CC2)c1. The van der Waals surface area contributed by atoms with Crippen molar-refractivity contribution in [3.05, 3.63) is 63.6 Å². The van der Waals surface area contributed by atoms with Crippen LogP contribution in [0, 0.1) is 13.8 Å². The van der Waals surface area contributed by atoms with Crippen LogP contribution in [-0.2, 0) is 0 Å². The molecule has 0 radical (unpaired) electrons. The number of benzene rings is 1. The molecule has 0 unspecified atom stereocenters. The van der Waals surface area contributed by atoms with Gasteiger partial charge in [-0.1, -0.05) is 6.07 Å². The van der Waals surface area contributed by atoms with Crippen LogP contribution in [0.1, 0.15) is 35.4 Å². The number of pyridine rings is 1. The number of rotatable bonds is 2. The van der Waals surface area contributed by atoms with Crippen molar-refractivity contribution < 1.29 is 4.79 Å². The quantitative estimate of drug-likeness (QED) is 0.889. The van der Waals surface area contributed by atoms with E-state index >= 15 is 0 Å². The van der Waals surface area contributed by atoms with Gasteiger partial charge < -0.3 is 15.2 Å². The maximum atomic E-state index is 12.4. The highest BCUT2D eigenvalue weighted by atomic mass is 16.2. The van der Waals surface area contributed by atoms with Crippen molar-refractivity contribution >= 4 is 11.7 Å². The highest BCUT2D eigenvalue weighted by Crippen LogP contribution is 2.27. The van der Waals surface area contributed by atoms with Crippen molar-refractivity contribution in [1.29, 1.82) is 0 Å². The number of nitrogens with one attached hydrogen (secondary N) is 2. The molecule has 5 nitrogen and oxygen atoms in total. The number of likely N-dealkylation sites (tertiary alicyclic amines) is 1. The number of aromatic amines is 1. The molecule has 2 amide bonds. The van der Waals surface area contributed by atoms with Crippen molar-refractivity contribution in [2.24, 2.45) is 0 Å². The highest BCUT2D eigenvalue weighted by molar-refractivity contribution is 5.89. The summed E-state index contributed by atoms with van der Waals surface area (Å²) in [6, 6.07) is 9.61. The zero-order valence-corrected chi connectivity index (χ0v) is 14.1. The number of urea groups is 1. The van der Waals surface area contributed by atoms with E-state index in [1.165, 1.54) is 0 Å². The van der Waals surface area contributed by atoms with Crippen LogP contribution in [0.25, 0.3) is 0 Å². The van der Waals surface area contributed by atoms with Gasteiger partial charge in [0.05, 0.1) is 0 Å². The van der Waals surface area contributed by atoms with Gasteiger partial charge in [-0.25, -0.2) is 4.79 Å². The zero-order chi connectivity index (χ0) is 17.1. The van der Waals surface area contributed by atoms with Crippen LogP contribution in [0.2, 0.25) is 0 Å². The topological polar surface area (TPSA) is 65.2 Å². The van der Waals surface area contributed by atoms with Crippen LogP contribution in [0.4, 0.5) is 10.5 Å². The molecule has 1 fully saturated rings. The molecular formula is C19H23N3O2. The second-order valence-electron chi connectivity index (χ2n) is 6.55. The monoisotopic (exact) mass is 325 g/mol. The van der Waals surface area contributed by atoms with E-state index in [0.717, 1.165) is 35.2 Å². The maximum absolute atomic E-state index is 12.4. The van der Waals surface area contributed by atoms with Crippen molar-refractivity contribution in [1.82, 2.24) is 9.88 Å². The zero-order valence-electron chi connectivity index (χ0n) is 14.1. The van der Waals surface area contributed by atoms with Gasteiger partial charge in [-0.15, -0.1) is 0 Å². The number of amides is 2. The largest absolute Gasteiger partial charge is 0.329 e. The van der Waals surface area contributed by atoms with Crippen LogP contribution in [0.15, 0.2) is 41.3 Å². The Bertz CT molecular complexity index is 769. The lowest BCUT2D eigenvalue weighted by Gasteiger charge is -2.32. The third kappa shape index (κ3) is 3.85. The number of H-pyrrole nitrogens is 1. The first-order chi connectivity index (χ1) is 11.5. The Labute approximate surface area is 141 Å². The number of nitrogens with zero attached hydrogens (tertiary/aromatic N) is 1. The molecule has 1 aromatic heterocycles. The Morgan fingerprint density at radius 2 is 1.79 bits per heavy atom. The predicted molar refractivity (Wildman–Crippen MR) is 95.5 cm³/mol. The summed E-state index contributed by atoms with van der Waals surface area (Å²) in [7, 11) is 0. The van der Waals surface area contributed by atoms with E-state index < -0.39 is 0 Å². The molecule has 5 heteroatoms. The molecule has 0 bridgehead atoms. The van der Waals surface area contributed by atoms with Gasteiger partial charge in [0.1, 0.15) is 0 Å². The lowest BCUT2D eigenvalue weighted by molar-refractivity contribution is 0.194. The normalized spacial score (nSPS) is 15.3. The molecule has 2 heterocycles. The van der Waals surface area contributed by atoms with E-state index in [9.17, 15) is 9.59 Å². The van der Waals surface area contributed by atoms with Gasteiger partial charge in [0.25, 0.3) is 0 Å². The Morgan fingerprint density at radius 1 is 1.12 bits per heavy atom. The molecule has 1 aliphatic rings. The lowest BCUT2D eigenvalue weighted by Crippen LogP contribution is -2.40. The molecule has 2 aromatic rings. The van der Waals surface area contributed by atoms with Crippen molar-refractivity contribution in [3.8, 4) is 0 Å². The second kappa shape index (κ2) is 6.91. The van der Waals surface area contributed by atoms with Gasteiger partial charge in [0.15, 0.2) is 0 Å². The number of carbonyl (C=O) groups excluding carboxylic acids is 1. The number of piperidine rings is 1. The maximum Gasteiger partial charge on any atom is 0.321 e. The van der Waals surface area contributed by atoms with Gasteiger partial charge in [0.2, 0.25) is 5.56 Å². The minimum Gasteiger partial charge on any atom is -0.329 e. The molecule has 126 valence electrons. The molecule has 0 saturated carbocycles. The third-order valence-electron chi connectivity index (χ3n) is 4.53. The first kappa shape index (κ1) is 16.3. The summed E-state index contributed by atoms with van der Waals surface area (Å²) < 4.78 is 0. The highest BCUT2D eigenvalue weighted by Gasteiger charge is 2.24. The minimum atomic E-state index is -0.0671. The summed E-state index contributed by atoms with van der Waals surface area (Å²) in [6.45, 7) is 5.45. The molecule has 24 heavy (non-hydrogen) atoms. The van der Waals surface area contributed by atoms with E-state index in [1.807, 2.05) is 36.9 Å². The summed E-state index contributed by atoms with van der Waals surface area (Å²) in [5, 5.41) is 2.99. The number of carbonyl (C=O) groups is 1. The Hall–Kier alpha value is -2.56. The standard InChI is InChI=1S/C19H23N3O2/c1-13-9-14(2)11-17(10-13)21-19(24)22-7-4-15(5-8-22)16-3-6-20-18(23)12-16/h3,6,9-12,15H,4-5,7-8H2,1-2H3,(H,20,23)(H,21,24). The average molecular weight is 325 g/mol. The fourth-order valence-electron chi connectivity index (χ4n) is 3.38. The Morgan fingerprint density at radius 3 is 2.42 bits per heavy atom. The van der Waals surface area contributed by atoms with E-state index in [1.54, 1.807) is 12.3 Å². The van der Waals surface area contributed by atoms with Crippen molar-refractivity contribution in [2.75, 3.05) is 18.4 Å². The predicted octanol–water partition coefficient (Wildman–Crippen LogP) is 3.40. The number of hydrogen-bond acceptors (Lipinski definition) is 2. The first-order valence-electron chi connectivity index (χ1n) is 8.34. The number of hydrogen-bond donors (Lipinski definition) is 2.